The van der Waals surface area contributed by atoms with Gasteiger partial charge < -0.3 is 20.1 Å². The van der Waals surface area contributed by atoms with Crippen LogP contribution in [0.3, 0.4) is 0 Å². The minimum absolute atomic E-state index is 0. The lowest BCUT2D eigenvalue weighted by atomic mass is 9.95. The van der Waals surface area contributed by atoms with Gasteiger partial charge in [0.1, 0.15) is 0 Å². The minimum atomic E-state index is 0. The second-order valence-electron chi connectivity index (χ2n) is 7.96. The van der Waals surface area contributed by atoms with Crippen LogP contribution in [0, 0.1) is 11.8 Å². The van der Waals surface area contributed by atoms with Gasteiger partial charge >= 0.3 is 0 Å². The second-order valence-corrected chi connectivity index (χ2v) is 7.96. The third-order valence-corrected chi connectivity index (χ3v) is 5.29. The standard InChI is InChI=1S/C25H35N3O2.HI/c1-3-26-25(27-16-20(2)18-29-19-21-10-6-4-7-11-21)28-17-23-14-15-30-24(23)22-12-8-5-9-13-22;/h4-13,20,23-24H,3,14-19H2,1-2H3,(H2,26,27,28);1H. The van der Waals surface area contributed by atoms with Gasteiger partial charge in [-0.3, -0.25) is 4.99 Å². The summed E-state index contributed by atoms with van der Waals surface area (Å²) in [5.41, 5.74) is 2.46. The third kappa shape index (κ3) is 8.79. The molecule has 1 saturated heterocycles. The number of rotatable bonds is 10. The molecule has 170 valence electrons. The number of nitrogens with one attached hydrogen (secondary N) is 2. The van der Waals surface area contributed by atoms with Crippen molar-refractivity contribution in [3.8, 4) is 0 Å². The van der Waals surface area contributed by atoms with Crippen LogP contribution in [-0.4, -0.2) is 38.8 Å². The zero-order valence-electron chi connectivity index (χ0n) is 18.6. The van der Waals surface area contributed by atoms with E-state index in [9.17, 15) is 0 Å². The molecule has 3 unspecified atom stereocenters. The number of hydrogen-bond acceptors (Lipinski definition) is 3. The number of ether oxygens (including phenoxy) is 2. The highest BCUT2D eigenvalue weighted by Crippen LogP contribution is 2.33. The van der Waals surface area contributed by atoms with E-state index in [4.69, 9.17) is 14.5 Å². The topological polar surface area (TPSA) is 54.9 Å². The third-order valence-electron chi connectivity index (χ3n) is 5.29. The Balaban J connectivity index is 0.00000341. The molecule has 1 aliphatic rings. The normalized spacial score (nSPS) is 19.5. The first-order valence-electron chi connectivity index (χ1n) is 11.1. The van der Waals surface area contributed by atoms with E-state index in [0.29, 0.717) is 25.0 Å². The fraction of sp³-hybridized carbons (Fsp3) is 0.480. The first kappa shape index (κ1) is 25.6. The van der Waals surface area contributed by atoms with Crippen molar-refractivity contribution in [1.29, 1.82) is 0 Å². The van der Waals surface area contributed by atoms with Gasteiger partial charge in [0.2, 0.25) is 0 Å². The number of nitrogens with zero attached hydrogens (tertiary/aromatic N) is 1. The summed E-state index contributed by atoms with van der Waals surface area (Å²) in [5.74, 6) is 1.67. The Labute approximate surface area is 204 Å². The average Bonchev–Trinajstić information content (AvgIpc) is 3.26. The Morgan fingerprint density at radius 2 is 1.81 bits per heavy atom. The molecule has 2 aromatic rings. The van der Waals surface area contributed by atoms with Crippen LogP contribution >= 0.6 is 24.0 Å². The Hall–Kier alpha value is -1.64. The quantitative estimate of drug-likeness (QED) is 0.260. The maximum Gasteiger partial charge on any atom is 0.191 e. The molecule has 2 aromatic carbocycles. The van der Waals surface area contributed by atoms with Crippen LogP contribution in [0.1, 0.15) is 37.5 Å². The molecule has 1 heterocycles. The van der Waals surface area contributed by atoms with E-state index in [1.54, 1.807) is 0 Å². The van der Waals surface area contributed by atoms with Gasteiger partial charge in [0.05, 0.1) is 19.3 Å². The molecule has 31 heavy (non-hydrogen) atoms. The molecule has 0 saturated carbocycles. The molecule has 0 amide bonds. The molecule has 0 radical (unpaired) electrons. The molecule has 0 bridgehead atoms. The Bertz CT molecular complexity index is 758. The van der Waals surface area contributed by atoms with Crippen molar-refractivity contribution in [2.75, 3.05) is 32.8 Å². The summed E-state index contributed by atoms with van der Waals surface area (Å²) in [6, 6.07) is 20.8. The number of hydrogen-bond donors (Lipinski definition) is 2. The summed E-state index contributed by atoms with van der Waals surface area (Å²) in [7, 11) is 0. The van der Waals surface area contributed by atoms with E-state index in [1.807, 2.05) is 24.3 Å². The van der Waals surface area contributed by atoms with E-state index >= 15 is 0 Å². The van der Waals surface area contributed by atoms with Crippen molar-refractivity contribution in [3.63, 3.8) is 0 Å². The van der Waals surface area contributed by atoms with Crippen LogP contribution in [0.4, 0.5) is 0 Å². The van der Waals surface area contributed by atoms with Crippen LogP contribution < -0.4 is 10.6 Å². The maximum absolute atomic E-state index is 6.01. The number of halogens is 1. The predicted molar refractivity (Wildman–Crippen MR) is 138 cm³/mol. The van der Waals surface area contributed by atoms with Gasteiger partial charge in [-0.05, 0) is 30.4 Å². The van der Waals surface area contributed by atoms with Crippen molar-refractivity contribution >= 4 is 29.9 Å². The van der Waals surface area contributed by atoms with Crippen molar-refractivity contribution < 1.29 is 9.47 Å². The smallest absolute Gasteiger partial charge is 0.191 e. The fourth-order valence-electron chi connectivity index (χ4n) is 3.68. The SMILES string of the molecule is CCNC(=NCC(C)COCc1ccccc1)NCC1CCOC1c1ccccc1.I. The van der Waals surface area contributed by atoms with Crippen molar-refractivity contribution in [3.05, 3.63) is 71.8 Å². The van der Waals surface area contributed by atoms with Gasteiger partial charge in [-0.2, -0.15) is 0 Å². The highest BCUT2D eigenvalue weighted by molar-refractivity contribution is 14.0. The highest BCUT2D eigenvalue weighted by atomic mass is 127. The fourth-order valence-corrected chi connectivity index (χ4v) is 3.68. The molecule has 1 aliphatic heterocycles. The zero-order chi connectivity index (χ0) is 21.0. The van der Waals surface area contributed by atoms with E-state index in [1.165, 1.54) is 11.1 Å². The summed E-state index contributed by atoms with van der Waals surface area (Å²) < 4.78 is 11.9. The van der Waals surface area contributed by atoms with Crippen molar-refractivity contribution in [1.82, 2.24) is 10.6 Å². The van der Waals surface area contributed by atoms with Crippen LogP contribution in [0.2, 0.25) is 0 Å². The maximum atomic E-state index is 6.01. The molecule has 5 nitrogen and oxygen atoms in total. The first-order valence-corrected chi connectivity index (χ1v) is 11.1. The summed E-state index contributed by atoms with van der Waals surface area (Å²) in [6.45, 7) is 8.85. The van der Waals surface area contributed by atoms with Gasteiger partial charge in [0.25, 0.3) is 0 Å². The summed E-state index contributed by atoms with van der Waals surface area (Å²) in [5, 5.41) is 6.87. The molecule has 0 spiro atoms. The van der Waals surface area contributed by atoms with E-state index < -0.39 is 0 Å². The molecule has 3 rings (SSSR count). The van der Waals surface area contributed by atoms with Crippen LogP contribution in [0.25, 0.3) is 0 Å². The number of benzene rings is 2. The second kappa shape index (κ2) is 14.4. The first-order chi connectivity index (χ1) is 14.8. The molecule has 2 N–H and O–H groups in total. The van der Waals surface area contributed by atoms with Crippen LogP contribution in [-0.2, 0) is 16.1 Å². The molecule has 0 aromatic heterocycles. The average molecular weight is 537 g/mol. The minimum Gasteiger partial charge on any atom is -0.376 e. The molecule has 3 atom stereocenters. The molecule has 0 aliphatic carbocycles. The highest BCUT2D eigenvalue weighted by Gasteiger charge is 2.29. The lowest BCUT2D eigenvalue weighted by Crippen LogP contribution is -2.40. The van der Waals surface area contributed by atoms with E-state index in [-0.39, 0.29) is 30.1 Å². The van der Waals surface area contributed by atoms with Crippen LogP contribution in [0.5, 0.6) is 0 Å². The van der Waals surface area contributed by atoms with Crippen LogP contribution in [0.15, 0.2) is 65.7 Å². The number of aliphatic imine (C=N–C) groups is 1. The molecule has 1 fully saturated rings. The summed E-state index contributed by atoms with van der Waals surface area (Å²) in [4.78, 5) is 4.77. The lowest BCUT2D eigenvalue weighted by molar-refractivity contribution is 0.0914. The van der Waals surface area contributed by atoms with Gasteiger partial charge in [-0.15, -0.1) is 24.0 Å². The van der Waals surface area contributed by atoms with E-state index in [2.05, 4.69) is 60.9 Å². The summed E-state index contributed by atoms with van der Waals surface area (Å²) >= 11 is 0. The monoisotopic (exact) mass is 537 g/mol. The molecule has 6 heteroatoms. The molecular formula is C25H36IN3O2. The molecular weight excluding hydrogens is 501 g/mol. The van der Waals surface area contributed by atoms with Gasteiger partial charge in [-0.1, -0.05) is 67.6 Å². The van der Waals surface area contributed by atoms with Crippen molar-refractivity contribution in [2.24, 2.45) is 16.8 Å². The Kier molecular flexibility index (Phi) is 11.9. The number of guanidine groups is 1. The van der Waals surface area contributed by atoms with Gasteiger partial charge in [0.15, 0.2) is 5.96 Å². The van der Waals surface area contributed by atoms with Gasteiger partial charge in [0, 0.05) is 32.2 Å². The van der Waals surface area contributed by atoms with Gasteiger partial charge in [-0.25, -0.2) is 0 Å². The Morgan fingerprint density at radius 1 is 1.10 bits per heavy atom. The van der Waals surface area contributed by atoms with Crippen molar-refractivity contribution in [2.45, 2.75) is 33.0 Å². The predicted octanol–water partition coefficient (Wildman–Crippen LogP) is 4.79. The lowest BCUT2D eigenvalue weighted by Gasteiger charge is -2.21. The summed E-state index contributed by atoms with van der Waals surface area (Å²) in [6.07, 6.45) is 1.22. The Morgan fingerprint density at radius 3 is 2.52 bits per heavy atom. The zero-order valence-corrected chi connectivity index (χ0v) is 21.0. The van der Waals surface area contributed by atoms with E-state index in [0.717, 1.165) is 38.6 Å². The largest absolute Gasteiger partial charge is 0.376 e.